The molecule has 0 aliphatic heterocycles. The third-order valence-corrected chi connectivity index (χ3v) is 2.17. The van der Waals surface area contributed by atoms with Crippen molar-refractivity contribution in [1.82, 2.24) is 9.97 Å². The zero-order chi connectivity index (χ0) is 9.42. The molecular formula is C9H13N3O. The lowest BCUT2D eigenvalue weighted by molar-refractivity contribution is 0.889. The molecule has 0 saturated heterocycles. The van der Waals surface area contributed by atoms with Crippen LogP contribution in [0, 0.1) is 0 Å². The summed E-state index contributed by atoms with van der Waals surface area (Å²) in [6.07, 6.45) is 2.31. The second kappa shape index (κ2) is 2.87. The van der Waals surface area contributed by atoms with Crippen LogP contribution < -0.4 is 10.5 Å². The molecule has 13 heavy (non-hydrogen) atoms. The van der Waals surface area contributed by atoms with Gasteiger partial charge in [0.1, 0.15) is 11.6 Å². The van der Waals surface area contributed by atoms with Crippen LogP contribution in [0.1, 0.15) is 24.6 Å². The van der Waals surface area contributed by atoms with E-state index in [9.17, 15) is 4.79 Å². The van der Waals surface area contributed by atoms with Gasteiger partial charge >= 0.3 is 0 Å². The normalized spacial score (nSPS) is 15.8. The molecule has 0 unspecified atom stereocenters. The summed E-state index contributed by atoms with van der Waals surface area (Å²) in [5.74, 6) is 2.08. The first-order chi connectivity index (χ1) is 6.16. The Hall–Kier alpha value is -1.32. The van der Waals surface area contributed by atoms with Crippen molar-refractivity contribution < 1.29 is 0 Å². The Morgan fingerprint density at radius 3 is 2.77 bits per heavy atom. The lowest BCUT2D eigenvalue weighted by atomic mass is 10.4. The summed E-state index contributed by atoms with van der Waals surface area (Å²) in [7, 11) is 3.77. The fraction of sp³-hybridized carbons (Fsp3) is 0.556. The highest BCUT2D eigenvalue weighted by molar-refractivity contribution is 5.35. The molecule has 0 aromatic carbocycles. The zero-order valence-electron chi connectivity index (χ0n) is 7.87. The second-order valence-corrected chi connectivity index (χ2v) is 3.66. The van der Waals surface area contributed by atoms with Crippen molar-refractivity contribution in [2.45, 2.75) is 18.8 Å². The maximum atomic E-state index is 11.2. The van der Waals surface area contributed by atoms with E-state index in [0.29, 0.717) is 5.92 Å². The van der Waals surface area contributed by atoms with Gasteiger partial charge in [-0.2, -0.15) is 0 Å². The molecule has 1 N–H and O–H groups in total. The Bertz CT molecular complexity index is 342. The van der Waals surface area contributed by atoms with Gasteiger partial charge in [0.2, 0.25) is 0 Å². The van der Waals surface area contributed by atoms with Crippen molar-refractivity contribution in [2.75, 3.05) is 19.0 Å². The van der Waals surface area contributed by atoms with E-state index in [1.54, 1.807) is 0 Å². The van der Waals surface area contributed by atoms with Gasteiger partial charge in [-0.1, -0.05) is 0 Å². The number of hydrogen-bond donors (Lipinski definition) is 1. The van der Waals surface area contributed by atoms with E-state index in [1.165, 1.54) is 6.07 Å². The molecule has 1 aliphatic carbocycles. The van der Waals surface area contributed by atoms with Crippen molar-refractivity contribution in [3.8, 4) is 0 Å². The van der Waals surface area contributed by atoms with Gasteiger partial charge < -0.3 is 9.88 Å². The predicted octanol–water partition coefficient (Wildman–Crippen LogP) is 0.713. The highest BCUT2D eigenvalue weighted by atomic mass is 16.1. The fourth-order valence-corrected chi connectivity index (χ4v) is 1.24. The first-order valence-corrected chi connectivity index (χ1v) is 4.45. The van der Waals surface area contributed by atoms with Crippen molar-refractivity contribution in [3.63, 3.8) is 0 Å². The summed E-state index contributed by atoms with van der Waals surface area (Å²) in [6.45, 7) is 0. The molecule has 70 valence electrons. The molecule has 4 nitrogen and oxygen atoms in total. The van der Waals surface area contributed by atoms with Gasteiger partial charge in [-0.05, 0) is 12.8 Å². The zero-order valence-corrected chi connectivity index (χ0v) is 7.87. The van der Waals surface area contributed by atoms with Gasteiger partial charge in [0.25, 0.3) is 5.56 Å². The van der Waals surface area contributed by atoms with E-state index >= 15 is 0 Å². The molecular weight excluding hydrogens is 166 g/mol. The molecule has 1 fully saturated rings. The Kier molecular flexibility index (Phi) is 1.83. The van der Waals surface area contributed by atoms with E-state index < -0.39 is 0 Å². The third kappa shape index (κ3) is 1.71. The topological polar surface area (TPSA) is 49.0 Å². The molecule has 0 radical (unpaired) electrons. The Morgan fingerprint density at radius 1 is 1.54 bits per heavy atom. The fourth-order valence-electron chi connectivity index (χ4n) is 1.24. The SMILES string of the molecule is CN(C)c1cc(=O)[nH]c(C2CC2)n1. The number of rotatable bonds is 2. The van der Waals surface area contributed by atoms with Gasteiger partial charge in [-0.25, -0.2) is 4.98 Å². The summed E-state index contributed by atoms with van der Waals surface area (Å²) in [5.41, 5.74) is -0.0550. The van der Waals surface area contributed by atoms with Crippen molar-refractivity contribution in [3.05, 3.63) is 22.2 Å². The predicted molar refractivity (Wildman–Crippen MR) is 51.2 cm³/mol. The molecule has 2 rings (SSSR count). The van der Waals surface area contributed by atoms with Crippen LogP contribution in [0.2, 0.25) is 0 Å². The minimum Gasteiger partial charge on any atom is -0.363 e. The lowest BCUT2D eigenvalue weighted by Crippen LogP contribution is -2.17. The Balaban J connectivity index is 2.41. The first kappa shape index (κ1) is 8.29. The lowest BCUT2D eigenvalue weighted by Gasteiger charge is -2.11. The van der Waals surface area contributed by atoms with Gasteiger partial charge in [-0.15, -0.1) is 0 Å². The highest BCUT2D eigenvalue weighted by Crippen LogP contribution is 2.37. The molecule has 0 amide bonds. The molecule has 1 aromatic rings. The number of aromatic nitrogens is 2. The van der Waals surface area contributed by atoms with Crippen LogP contribution in [0.4, 0.5) is 5.82 Å². The van der Waals surface area contributed by atoms with Crippen LogP contribution in [-0.4, -0.2) is 24.1 Å². The molecule has 1 heterocycles. The summed E-state index contributed by atoms with van der Waals surface area (Å²) >= 11 is 0. The van der Waals surface area contributed by atoms with E-state index in [2.05, 4.69) is 9.97 Å². The molecule has 0 atom stereocenters. The van der Waals surface area contributed by atoms with Crippen LogP contribution in [-0.2, 0) is 0 Å². The summed E-state index contributed by atoms with van der Waals surface area (Å²) in [4.78, 5) is 20.2. The Morgan fingerprint density at radius 2 is 2.23 bits per heavy atom. The maximum absolute atomic E-state index is 11.2. The van der Waals surface area contributed by atoms with Gasteiger partial charge in [0.15, 0.2) is 0 Å². The largest absolute Gasteiger partial charge is 0.363 e. The van der Waals surface area contributed by atoms with Crippen molar-refractivity contribution in [1.29, 1.82) is 0 Å². The van der Waals surface area contributed by atoms with Gasteiger partial charge in [0, 0.05) is 26.1 Å². The number of H-pyrrole nitrogens is 1. The minimum absolute atomic E-state index is 0.0550. The van der Waals surface area contributed by atoms with E-state index in [1.807, 2.05) is 19.0 Å². The summed E-state index contributed by atoms with van der Waals surface area (Å²) in [5, 5.41) is 0. The van der Waals surface area contributed by atoms with Gasteiger partial charge in [0.05, 0.1) is 0 Å². The summed E-state index contributed by atoms with van der Waals surface area (Å²) in [6, 6.07) is 1.52. The van der Waals surface area contributed by atoms with Crippen LogP contribution >= 0.6 is 0 Å². The number of anilines is 1. The smallest absolute Gasteiger partial charge is 0.252 e. The quantitative estimate of drug-likeness (QED) is 0.727. The minimum atomic E-state index is -0.0550. The number of aromatic amines is 1. The van der Waals surface area contributed by atoms with Crippen molar-refractivity contribution in [2.24, 2.45) is 0 Å². The van der Waals surface area contributed by atoms with Crippen LogP contribution in [0.5, 0.6) is 0 Å². The number of hydrogen-bond acceptors (Lipinski definition) is 3. The third-order valence-electron chi connectivity index (χ3n) is 2.17. The maximum Gasteiger partial charge on any atom is 0.252 e. The molecule has 1 saturated carbocycles. The van der Waals surface area contributed by atoms with E-state index in [4.69, 9.17) is 0 Å². The van der Waals surface area contributed by atoms with Crippen LogP contribution in [0.3, 0.4) is 0 Å². The standard InChI is InChI=1S/C9H13N3O/c1-12(2)7-5-8(13)11-9(10-7)6-3-4-6/h5-6H,3-4H2,1-2H3,(H,10,11,13). The molecule has 0 spiro atoms. The summed E-state index contributed by atoms with van der Waals surface area (Å²) < 4.78 is 0. The van der Waals surface area contributed by atoms with E-state index in [0.717, 1.165) is 24.5 Å². The first-order valence-electron chi connectivity index (χ1n) is 4.45. The molecule has 0 bridgehead atoms. The monoisotopic (exact) mass is 179 g/mol. The average Bonchev–Trinajstić information content (AvgIpc) is 2.85. The van der Waals surface area contributed by atoms with Crippen LogP contribution in [0.25, 0.3) is 0 Å². The molecule has 1 aromatic heterocycles. The molecule has 1 aliphatic rings. The van der Waals surface area contributed by atoms with Crippen molar-refractivity contribution >= 4 is 5.82 Å². The van der Waals surface area contributed by atoms with Crippen LogP contribution in [0.15, 0.2) is 10.9 Å². The number of nitrogens with zero attached hydrogens (tertiary/aromatic N) is 2. The number of nitrogens with one attached hydrogen (secondary N) is 1. The van der Waals surface area contributed by atoms with E-state index in [-0.39, 0.29) is 5.56 Å². The average molecular weight is 179 g/mol. The second-order valence-electron chi connectivity index (χ2n) is 3.66. The highest BCUT2D eigenvalue weighted by Gasteiger charge is 2.26. The molecule has 4 heteroatoms. The van der Waals surface area contributed by atoms with Gasteiger partial charge in [-0.3, -0.25) is 4.79 Å². The Labute approximate surface area is 76.6 Å².